The van der Waals surface area contributed by atoms with Crippen molar-refractivity contribution < 1.29 is 14.7 Å². The summed E-state index contributed by atoms with van der Waals surface area (Å²) in [5, 5.41) is 12.0. The van der Waals surface area contributed by atoms with Gasteiger partial charge in [-0.1, -0.05) is 0 Å². The topological polar surface area (TPSA) is 69.6 Å². The number of piperidine rings is 2. The average molecular weight is 268 g/mol. The number of carbonyl (C=O) groups excluding carboxylic acids is 1. The molecule has 2 rings (SSSR count). The number of nitrogens with zero attached hydrogens (tertiary/aromatic N) is 1. The van der Waals surface area contributed by atoms with Crippen molar-refractivity contribution in [3.63, 3.8) is 0 Å². The van der Waals surface area contributed by atoms with Crippen molar-refractivity contribution in [2.75, 3.05) is 26.2 Å². The van der Waals surface area contributed by atoms with Crippen LogP contribution in [0.1, 0.15) is 38.5 Å². The van der Waals surface area contributed by atoms with Crippen LogP contribution in [0.2, 0.25) is 0 Å². The molecule has 1 amide bonds. The van der Waals surface area contributed by atoms with E-state index < -0.39 is 5.97 Å². The predicted octanol–water partition coefficient (Wildman–Crippen LogP) is 1.09. The van der Waals surface area contributed by atoms with E-state index in [4.69, 9.17) is 5.11 Å². The highest BCUT2D eigenvalue weighted by atomic mass is 16.4. The molecule has 2 N–H and O–H groups in total. The van der Waals surface area contributed by atoms with Crippen molar-refractivity contribution in [1.29, 1.82) is 0 Å². The molecule has 19 heavy (non-hydrogen) atoms. The molecule has 2 fully saturated rings. The van der Waals surface area contributed by atoms with Crippen LogP contribution in [-0.4, -0.2) is 48.1 Å². The molecule has 2 aliphatic rings. The van der Waals surface area contributed by atoms with E-state index in [-0.39, 0.29) is 12.3 Å². The summed E-state index contributed by atoms with van der Waals surface area (Å²) in [6.07, 6.45) is 4.87. The monoisotopic (exact) mass is 268 g/mol. The Kier molecular flexibility index (Phi) is 5.19. The van der Waals surface area contributed by atoms with Crippen LogP contribution >= 0.6 is 0 Å². The number of hydrogen-bond acceptors (Lipinski definition) is 3. The number of nitrogens with one attached hydrogen (secondary N) is 1. The molecule has 0 saturated carbocycles. The maximum Gasteiger partial charge on any atom is 0.303 e. The first kappa shape index (κ1) is 14.3. The highest BCUT2D eigenvalue weighted by Crippen LogP contribution is 2.24. The number of carboxylic acid groups (broad SMARTS) is 1. The summed E-state index contributed by atoms with van der Waals surface area (Å²) in [5.74, 6) is 0.110. The van der Waals surface area contributed by atoms with Gasteiger partial charge in [-0.05, 0) is 51.1 Å². The summed E-state index contributed by atoms with van der Waals surface area (Å²) < 4.78 is 0. The van der Waals surface area contributed by atoms with Gasteiger partial charge in [-0.25, -0.2) is 0 Å². The standard InChI is InChI=1S/C14H24N2O3/c17-13(18)4-3-11-2-1-9-16(10-11)14(19)12-5-7-15-8-6-12/h11-12,15H,1-10H2,(H,17,18). The van der Waals surface area contributed by atoms with Crippen LogP contribution in [0.5, 0.6) is 0 Å². The van der Waals surface area contributed by atoms with Crippen LogP contribution in [0.25, 0.3) is 0 Å². The molecule has 5 nitrogen and oxygen atoms in total. The number of rotatable bonds is 4. The maximum atomic E-state index is 12.4. The van der Waals surface area contributed by atoms with Gasteiger partial charge in [-0.15, -0.1) is 0 Å². The van der Waals surface area contributed by atoms with Gasteiger partial charge in [0.15, 0.2) is 0 Å². The Morgan fingerprint density at radius 1 is 1.21 bits per heavy atom. The highest BCUT2D eigenvalue weighted by Gasteiger charge is 2.29. The summed E-state index contributed by atoms with van der Waals surface area (Å²) in [5.41, 5.74) is 0. The smallest absolute Gasteiger partial charge is 0.303 e. The van der Waals surface area contributed by atoms with Gasteiger partial charge >= 0.3 is 5.97 Å². The van der Waals surface area contributed by atoms with E-state index in [2.05, 4.69) is 5.32 Å². The van der Waals surface area contributed by atoms with Gasteiger partial charge < -0.3 is 15.3 Å². The fourth-order valence-electron chi connectivity index (χ4n) is 3.16. The van der Waals surface area contributed by atoms with Crippen molar-refractivity contribution in [2.45, 2.75) is 38.5 Å². The first-order chi connectivity index (χ1) is 9.16. The lowest BCUT2D eigenvalue weighted by molar-refractivity contribution is -0.138. The van der Waals surface area contributed by atoms with Gasteiger partial charge in [0.2, 0.25) is 5.91 Å². The van der Waals surface area contributed by atoms with E-state index in [0.717, 1.165) is 51.9 Å². The van der Waals surface area contributed by atoms with Crippen molar-refractivity contribution in [2.24, 2.45) is 11.8 Å². The van der Waals surface area contributed by atoms with Crippen molar-refractivity contribution in [3.8, 4) is 0 Å². The summed E-state index contributed by atoms with van der Waals surface area (Å²) in [4.78, 5) is 25.0. The van der Waals surface area contributed by atoms with Gasteiger partial charge in [-0.2, -0.15) is 0 Å². The van der Waals surface area contributed by atoms with Gasteiger partial charge in [0.25, 0.3) is 0 Å². The SMILES string of the molecule is O=C(O)CCC1CCCN(C(=O)C2CCNCC2)C1. The second kappa shape index (κ2) is 6.89. The van der Waals surface area contributed by atoms with Crippen molar-refractivity contribution >= 4 is 11.9 Å². The van der Waals surface area contributed by atoms with Crippen LogP contribution in [0.3, 0.4) is 0 Å². The van der Waals surface area contributed by atoms with E-state index >= 15 is 0 Å². The molecule has 108 valence electrons. The molecule has 0 spiro atoms. The number of carbonyl (C=O) groups is 2. The molecular formula is C14H24N2O3. The second-order valence-corrected chi connectivity index (χ2v) is 5.75. The maximum absolute atomic E-state index is 12.4. The molecule has 1 unspecified atom stereocenters. The Bertz CT molecular complexity index is 327. The third kappa shape index (κ3) is 4.20. The van der Waals surface area contributed by atoms with E-state index in [1.54, 1.807) is 0 Å². The number of amides is 1. The zero-order valence-electron chi connectivity index (χ0n) is 11.4. The Morgan fingerprint density at radius 3 is 2.63 bits per heavy atom. The van der Waals surface area contributed by atoms with Crippen molar-refractivity contribution in [3.05, 3.63) is 0 Å². The predicted molar refractivity (Wildman–Crippen MR) is 71.8 cm³/mol. The Morgan fingerprint density at radius 2 is 1.95 bits per heavy atom. The minimum absolute atomic E-state index is 0.180. The molecule has 0 aromatic rings. The molecule has 2 heterocycles. The lowest BCUT2D eigenvalue weighted by atomic mass is 9.90. The third-order valence-electron chi connectivity index (χ3n) is 4.29. The zero-order chi connectivity index (χ0) is 13.7. The third-order valence-corrected chi connectivity index (χ3v) is 4.29. The van der Waals surface area contributed by atoms with Crippen LogP contribution in [0, 0.1) is 11.8 Å². The molecule has 2 saturated heterocycles. The van der Waals surface area contributed by atoms with Crippen LogP contribution in [0.15, 0.2) is 0 Å². The molecule has 0 radical (unpaired) electrons. The lowest BCUT2D eigenvalue weighted by Gasteiger charge is -2.36. The average Bonchev–Trinajstić information content (AvgIpc) is 2.45. The Hall–Kier alpha value is -1.10. The quantitative estimate of drug-likeness (QED) is 0.801. The van der Waals surface area contributed by atoms with Gasteiger partial charge in [0, 0.05) is 25.4 Å². The fraction of sp³-hybridized carbons (Fsp3) is 0.857. The molecule has 0 aliphatic carbocycles. The molecular weight excluding hydrogens is 244 g/mol. The van der Waals surface area contributed by atoms with Gasteiger partial charge in [-0.3, -0.25) is 9.59 Å². The summed E-state index contributed by atoms with van der Waals surface area (Å²) in [6, 6.07) is 0. The van der Waals surface area contributed by atoms with E-state index in [9.17, 15) is 9.59 Å². The van der Waals surface area contributed by atoms with E-state index in [1.807, 2.05) is 4.90 Å². The first-order valence-corrected chi connectivity index (χ1v) is 7.38. The van der Waals surface area contributed by atoms with E-state index in [0.29, 0.717) is 18.2 Å². The lowest BCUT2D eigenvalue weighted by Crippen LogP contribution is -2.45. The minimum Gasteiger partial charge on any atom is -0.481 e. The largest absolute Gasteiger partial charge is 0.481 e. The first-order valence-electron chi connectivity index (χ1n) is 7.38. The number of aliphatic carboxylic acids is 1. The zero-order valence-corrected chi connectivity index (χ0v) is 11.4. The molecule has 1 atom stereocenters. The summed E-state index contributed by atoms with van der Waals surface area (Å²) in [7, 11) is 0. The van der Waals surface area contributed by atoms with Crippen LogP contribution in [-0.2, 0) is 9.59 Å². The number of likely N-dealkylation sites (tertiary alicyclic amines) is 1. The Labute approximate surface area is 114 Å². The fourth-order valence-corrected chi connectivity index (χ4v) is 3.16. The van der Waals surface area contributed by atoms with Crippen LogP contribution in [0.4, 0.5) is 0 Å². The molecule has 0 aromatic carbocycles. The Balaban J connectivity index is 1.82. The summed E-state index contributed by atoms with van der Waals surface area (Å²) >= 11 is 0. The van der Waals surface area contributed by atoms with Gasteiger partial charge in [0.1, 0.15) is 0 Å². The number of carboxylic acids is 1. The van der Waals surface area contributed by atoms with Gasteiger partial charge in [0.05, 0.1) is 0 Å². The summed E-state index contributed by atoms with van der Waals surface area (Å²) in [6.45, 7) is 3.49. The molecule has 2 aliphatic heterocycles. The molecule has 0 bridgehead atoms. The number of hydrogen-bond donors (Lipinski definition) is 2. The normalized spacial score (nSPS) is 25.3. The van der Waals surface area contributed by atoms with E-state index in [1.165, 1.54) is 0 Å². The van der Waals surface area contributed by atoms with Crippen molar-refractivity contribution in [1.82, 2.24) is 10.2 Å². The highest BCUT2D eigenvalue weighted by molar-refractivity contribution is 5.79. The minimum atomic E-state index is -0.734. The molecule has 5 heteroatoms. The van der Waals surface area contributed by atoms with Crippen LogP contribution < -0.4 is 5.32 Å². The second-order valence-electron chi connectivity index (χ2n) is 5.75. The molecule has 0 aromatic heterocycles.